The first kappa shape index (κ1) is 5.45. The zero-order valence-corrected chi connectivity index (χ0v) is 5.39. The van der Waals surface area contributed by atoms with Crippen molar-refractivity contribution in [2.75, 3.05) is 0 Å². The van der Waals surface area contributed by atoms with E-state index < -0.39 is 6.10 Å². The molecule has 2 aliphatic rings. The summed E-state index contributed by atoms with van der Waals surface area (Å²) >= 11 is 5.62. The predicted molar refractivity (Wildman–Crippen MR) is 32.2 cm³/mol. The Morgan fingerprint density at radius 3 is 2.89 bits per heavy atom. The van der Waals surface area contributed by atoms with Gasteiger partial charge in [-0.1, -0.05) is 11.6 Å². The van der Waals surface area contributed by atoms with Gasteiger partial charge in [-0.3, -0.25) is 4.79 Å². The molecule has 2 atom stereocenters. The number of ketones is 1. The molecule has 0 aliphatic carbocycles. The van der Waals surface area contributed by atoms with E-state index in [1.54, 1.807) is 6.08 Å². The quantitative estimate of drug-likeness (QED) is 0.504. The van der Waals surface area contributed by atoms with Gasteiger partial charge in [0.1, 0.15) is 0 Å². The van der Waals surface area contributed by atoms with Gasteiger partial charge < -0.3 is 4.74 Å². The van der Waals surface area contributed by atoms with Crippen LogP contribution < -0.4 is 0 Å². The molecule has 1 saturated heterocycles. The van der Waals surface area contributed by atoms with E-state index in [0.717, 1.165) is 0 Å². The SMILES string of the molecule is O=C1C[C@H]2C=C(Cl)[C@@H]1O2. The summed E-state index contributed by atoms with van der Waals surface area (Å²) in [6.45, 7) is 0. The van der Waals surface area contributed by atoms with Crippen LogP contribution in [0, 0.1) is 0 Å². The lowest BCUT2D eigenvalue weighted by atomic mass is 10.1. The Balaban J connectivity index is 2.36. The normalized spacial score (nSPS) is 39.7. The Hall–Kier alpha value is -0.340. The van der Waals surface area contributed by atoms with Crippen molar-refractivity contribution >= 4 is 17.4 Å². The highest BCUT2D eigenvalue weighted by molar-refractivity contribution is 6.32. The maximum Gasteiger partial charge on any atom is 0.169 e. The molecule has 2 bridgehead atoms. The largest absolute Gasteiger partial charge is 0.357 e. The molecule has 0 amide bonds. The third-order valence-corrected chi connectivity index (χ3v) is 1.93. The van der Waals surface area contributed by atoms with Crippen molar-refractivity contribution in [1.82, 2.24) is 0 Å². The van der Waals surface area contributed by atoms with Gasteiger partial charge >= 0.3 is 0 Å². The number of carbonyl (C=O) groups excluding carboxylic acids is 1. The van der Waals surface area contributed by atoms with Crippen molar-refractivity contribution in [1.29, 1.82) is 0 Å². The van der Waals surface area contributed by atoms with Crippen LogP contribution in [-0.4, -0.2) is 18.0 Å². The fourth-order valence-corrected chi connectivity index (χ4v) is 1.50. The molecule has 2 aliphatic heterocycles. The highest BCUT2D eigenvalue weighted by Gasteiger charge is 2.39. The lowest BCUT2D eigenvalue weighted by molar-refractivity contribution is -0.120. The second-order valence-electron chi connectivity index (χ2n) is 2.28. The zero-order valence-electron chi connectivity index (χ0n) is 4.63. The third-order valence-electron chi connectivity index (χ3n) is 1.60. The number of halogens is 1. The second kappa shape index (κ2) is 1.58. The number of rotatable bonds is 0. The maximum atomic E-state index is 10.8. The maximum absolute atomic E-state index is 10.8. The number of carbonyl (C=O) groups is 1. The van der Waals surface area contributed by atoms with Gasteiger partial charge in [-0.15, -0.1) is 0 Å². The molecule has 2 rings (SSSR count). The number of hydrogen-bond donors (Lipinski definition) is 0. The third kappa shape index (κ3) is 0.635. The molecule has 0 aromatic carbocycles. The minimum atomic E-state index is -0.406. The van der Waals surface area contributed by atoms with E-state index in [-0.39, 0.29) is 11.9 Å². The average molecular weight is 145 g/mol. The van der Waals surface area contributed by atoms with Crippen LogP contribution in [0.5, 0.6) is 0 Å². The van der Waals surface area contributed by atoms with Gasteiger partial charge in [0.2, 0.25) is 0 Å². The monoisotopic (exact) mass is 144 g/mol. The van der Waals surface area contributed by atoms with Gasteiger partial charge in [0.15, 0.2) is 11.9 Å². The van der Waals surface area contributed by atoms with E-state index in [1.807, 2.05) is 0 Å². The number of fused-ring (bicyclic) bond motifs is 2. The number of ether oxygens (including phenoxy) is 1. The molecule has 1 fully saturated rings. The van der Waals surface area contributed by atoms with Gasteiger partial charge in [0.25, 0.3) is 0 Å². The van der Waals surface area contributed by atoms with Crippen molar-refractivity contribution in [3.8, 4) is 0 Å². The summed E-state index contributed by atoms with van der Waals surface area (Å²) in [6.07, 6.45) is 1.89. The van der Waals surface area contributed by atoms with E-state index in [2.05, 4.69) is 0 Å². The van der Waals surface area contributed by atoms with Crippen molar-refractivity contribution in [2.45, 2.75) is 18.6 Å². The minimum Gasteiger partial charge on any atom is -0.357 e. The van der Waals surface area contributed by atoms with Crippen LogP contribution in [0.25, 0.3) is 0 Å². The van der Waals surface area contributed by atoms with Gasteiger partial charge in [0.05, 0.1) is 11.1 Å². The van der Waals surface area contributed by atoms with Crippen molar-refractivity contribution < 1.29 is 9.53 Å². The van der Waals surface area contributed by atoms with Crippen LogP contribution in [0.4, 0.5) is 0 Å². The topological polar surface area (TPSA) is 26.3 Å². The molecular formula is C6H5ClO2. The molecule has 0 N–H and O–H groups in total. The van der Waals surface area contributed by atoms with Crippen molar-refractivity contribution in [3.05, 3.63) is 11.1 Å². The van der Waals surface area contributed by atoms with Crippen LogP contribution in [0.1, 0.15) is 6.42 Å². The fourth-order valence-electron chi connectivity index (χ4n) is 1.19. The molecule has 0 saturated carbocycles. The standard InChI is InChI=1S/C6H5ClO2/c7-4-1-3-2-5(8)6(4)9-3/h1,3,6H,2H2/t3-,6+/m1/s1. The molecule has 48 valence electrons. The highest BCUT2D eigenvalue weighted by atomic mass is 35.5. The Morgan fingerprint density at radius 1 is 1.78 bits per heavy atom. The fraction of sp³-hybridized carbons (Fsp3) is 0.500. The lowest BCUT2D eigenvalue weighted by Crippen LogP contribution is -2.14. The lowest BCUT2D eigenvalue weighted by Gasteiger charge is -1.99. The Kier molecular flexibility index (Phi) is 0.957. The summed E-state index contributed by atoms with van der Waals surface area (Å²) in [6, 6.07) is 0. The molecule has 3 heteroatoms. The van der Waals surface area contributed by atoms with E-state index in [1.165, 1.54) is 0 Å². The van der Waals surface area contributed by atoms with Crippen LogP contribution in [0.2, 0.25) is 0 Å². The predicted octanol–water partition coefficient (Wildman–Crippen LogP) is 0.849. The Bertz CT molecular complexity index is 197. The first-order chi connectivity index (χ1) is 4.27. The Morgan fingerprint density at radius 2 is 2.56 bits per heavy atom. The van der Waals surface area contributed by atoms with E-state index in [9.17, 15) is 4.79 Å². The smallest absolute Gasteiger partial charge is 0.169 e. The summed E-state index contributed by atoms with van der Waals surface area (Å²) < 4.78 is 5.12. The molecule has 0 unspecified atom stereocenters. The number of hydrogen-bond acceptors (Lipinski definition) is 2. The van der Waals surface area contributed by atoms with Gasteiger partial charge in [-0.2, -0.15) is 0 Å². The second-order valence-corrected chi connectivity index (χ2v) is 2.71. The van der Waals surface area contributed by atoms with Crippen LogP contribution in [0.15, 0.2) is 11.1 Å². The summed E-state index contributed by atoms with van der Waals surface area (Å²) in [5.74, 6) is 0.118. The molecule has 0 radical (unpaired) electrons. The van der Waals surface area contributed by atoms with Gasteiger partial charge in [-0.25, -0.2) is 0 Å². The molecule has 0 aromatic rings. The van der Waals surface area contributed by atoms with Gasteiger partial charge in [-0.05, 0) is 6.08 Å². The molecule has 0 spiro atoms. The van der Waals surface area contributed by atoms with Crippen molar-refractivity contribution in [2.24, 2.45) is 0 Å². The summed E-state index contributed by atoms with van der Waals surface area (Å²) in [5, 5.41) is 0.566. The summed E-state index contributed by atoms with van der Waals surface area (Å²) in [4.78, 5) is 10.8. The minimum absolute atomic E-state index is 0.0185. The summed E-state index contributed by atoms with van der Waals surface area (Å²) in [5.41, 5.74) is 0. The zero-order chi connectivity index (χ0) is 6.43. The van der Waals surface area contributed by atoms with E-state index >= 15 is 0 Å². The molecular weight excluding hydrogens is 140 g/mol. The Labute approximate surface area is 57.4 Å². The van der Waals surface area contributed by atoms with Crippen LogP contribution in [0.3, 0.4) is 0 Å². The molecule has 9 heavy (non-hydrogen) atoms. The average Bonchev–Trinajstić information content (AvgIpc) is 2.22. The van der Waals surface area contributed by atoms with Crippen LogP contribution in [-0.2, 0) is 9.53 Å². The molecule has 0 aromatic heterocycles. The first-order valence-electron chi connectivity index (χ1n) is 2.83. The van der Waals surface area contributed by atoms with E-state index in [0.29, 0.717) is 11.5 Å². The van der Waals surface area contributed by atoms with Crippen LogP contribution >= 0.6 is 11.6 Å². The summed E-state index contributed by atoms with van der Waals surface area (Å²) in [7, 11) is 0. The molecule has 2 nitrogen and oxygen atoms in total. The number of Topliss-reactive ketones (excluding diaryl/α,β-unsaturated/α-hetero) is 1. The van der Waals surface area contributed by atoms with E-state index in [4.69, 9.17) is 16.3 Å². The highest BCUT2D eigenvalue weighted by Crippen LogP contribution is 2.32. The van der Waals surface area contributed by atoms with Gasteiger partial charge in [0, 0.05) is 6.42 Å². The first-order valence-corrected chi connectivity index (χ1v) is 3.20. The van der Waals surface area contributed by atoms with Crippen molar-refractivity contribution in [3.63, 3.8) is 0 Å². The molecule has 2 heterocycles.